The molecule has 0 unspecified atom stereocenters. The number of nitrogens with one attached hydrogen (secondary N) is 1. The van der Waals surface area contributed by atoms with Crippen molar-refractivity contribution in [1.29, 1.82) is 0 Å². The third-order valence-corrected chi connectivity index (χ3v) is 2.31. The van der Waals surface area contributed by atoms with Gasteiger partial charge in [0.05, 0.1) is 11.9 Å². The maximum atomic E-state index is 10.0. The largest absolute Gasteiger partial charge is 0.343 e. The lowest BCUT2D eigenvalue weighted by Gasteiger charge is -1.97. The Hall–Kier alpha value is -2.10. The summed E-state index contributed by atoms with van der Waals surface area (Å²) in [5, 5.41) is 4.91. The Labute approximate surface area is 87.2 Å². The molecule has 0 atom stereocenters. The fraction of sp³-hybridized carbons (Fsp3) is 0.0909. The van der Waals surface area contributed by atoms with Gasteiger partial charge >= 0.3 is 0 Å². The Bertz CT molecular complexity index is 514. The van der Waals surface area contributed by atoms with E-state index < -0.39 is 0 Å². The van der Waals surface area contributed by atoms with Crippen molar-refractivity contribution in [2.45, 2.75) is 0 Å². The van der Waals surface area contributed by atoms with Gasteiger partial charge in [0.2, 0.25) is 6.41 Å². The molecule has 1 aromatic heterocycles. The van der Waals surface area contributed by atoms with Crippen LogP contribution in [0, 0.1) is 0 Å². The van der Waals surface area contributed by atoms with Gasteiger partial charge in [-0.05, 0) is 12.1 Å². The molecule has 0 aliphatic carbocycles. The molecular weight excluding hydrogens is 190 g/mol. The molecule has 1 heterocycles. The van der Waals surface area contributed by atoms with Crippen LogP contribution in [0.25, 0.3) is 10.9 Å². The summed E-state index contributed by atoms with van der Waals surface area (Å²) in [4.78, 5) is 10.0. The summed E-state index contributed by atoms with van der Waals surface area (Å²) >= 11 is 0. The third-order valence-electron chi connectivity index (χ3n) is 2.31. The third kappa shape index (κ3) is 1.74. The Kier molecular flexibility index (Phi) is 2.49. The number of benzene rings is 1. The van der Waals surface area contributed by atoms with Crippen LogP contribution in [0.4, 0.5) is 0 Å². The average Bonchev–Trinajstić information content (AvgIpc) is 2.57. The molecule has 15 heavy (non-hydrogen) atoms. The number of carbonyl (C=O) groups excluding carboxylic acids is 1. The molecule has 0 bridgehead atoms. The molecule has 1 aromatic carbocycles. The van der Waals surface area contributed by atoms with Crippen LogP contribution in [0.5, 0.6) is 0 Å². The minimum Gasteiger partial charge on any atom is -0.343 e. The number of carbonyl (C=O) groups is 1. The van der Waals surface area contributed by atoms with Gasteiger partial charge in [-0.2, -0.15) is 5.10 Å². The zero-order valence-electron chi connectivity index (χ0n) is 8.34. The molecule has 1 N–H and O–H groups in total. The standard InChI is InChI=1S/C11H11N3O/c1-14-10(7-12-13-8-15)6-9-4-2-3-5-11(9)14/h2-8H,1H3,(H,13,15). The monoisotopic (exact) mass is 201 g/mol. The van der Waals surface area contributed by atoms with Crippen molar-refractivity contribution in [2.24, 2.45) is 12.1 Å². The number of para-hydroxylation sites is 1. The molecule has 4 nitrogen and oxygen atoms in total. The summed E-state index contributed by atoms with van der Waals surface area (Å²) < 4.78 is 2.02. The number of rotatable bonds is 3. The summed E-state index contributed by atoms with van der Waals surface area (Å²) in [6.45, 7) is 0. The van der Waals surface area contributed by atoms with Crippen molar-refractivity contribution in [2.75, 3.05) is 0 Å². The van der Waals surface area contributed by atoms with Crippen molar-refractivity contribution < 1.29 is 4.79 Å². The zero-order valence-corrected chi connectivity index (χ0v) is 8.34. The Morgan fingerprint density at radius 2 is 2.20 bits per heavy atom. The molecule has 76 valence electrons. The smallest absolute Gasteiger partial charge is 0.227 e. The molecular formula is C11H11N3O. The summed E-state index contributed by atoms with van der Waals surface area (Å²) in [5.74, 6) is 0. The second-order valence-electron chi connectivity index (χ2n) is 3.19. The minimum absolute atomic E-state index is 0.541. The number of fused-ring (bicyclic) bond motifs is 1. The summed E-state index contributed by atoms with van der Waals surface area (Å²) in [7, 11) is 1.96. The number of hydrogen-bond acceptors (Lipinski definition) is 2. The lowest BCUT2D eigenvalue weighted by atomic mass is 10.2. The first kappa shape index (κ1) is 9.45. The van der Waals surface area contributed by atoms with Crippen molar-refractivity contribution in [1.82, 2.24) is 9.99 Å². The molecule has 0 radical (unpaired) electrons. The first-order valence-electron chi connectivity index (χ1n) is 4.59. The van der Waals surface area contributed by atoms with Crippen molar-refractivity contribution >= 4 is 23.5 Å². The predicted octanol–water partition coefficient (Wildman–Crippen LogP) is 1.26. The van der Waals surface area contributed by atoms with Crippen LogP contribution in [0.15, 0.2) is 35.4 Å². The number of aromatic nitrogens is 1. The number of nitrogens with zero attached hydrogens (tertiary/aromatic N) is 2. The quantitative estimate of drug-likeness (QED) is 0.453. The van der Waals surface area contributed by atoms with E-state index in [0.717, 1.165) is 16.6 Å². The van der Waals surface area contributed by atoms with Crippen LogP contribution in [-0.4, -0.2) is 17.2 Å². The van der Waals surface area contributed by atoms with Gasteiger partial charge in [0.1, 0.15) is 0 Å². The second-order valence-corrected chi connectivity index (χ2v) is 3.19. The lowest BCUT2D eigenvalue weighted by Crippen LogP contribution is -2.02. The van der Waals surface area contributed by atoms with E-state index in [9.17, 15) is 4.79 Å². The molecule has 0 saturated heterocycles. The van der Waals surface area contributed by atoms with Crippen molar-refractivity contribution in [3.05, 3.63) is 36.0 Å². The SMILES string of the molecule is Cn1c(C=NNC=O)cc2ccccc21. The van der Waals surface area contributed by atoms with Crippen LogP contribution >= 0.6 is 0 Å². The molecule has 0 spiro atoms. The van der Waals surface area contributed by atoms with E-state index in [1.54, 1.807) is 6.21 Å². The zero-order chi connectivity index (χ0) is 10.7. The van der Waals surface area contributed by atoms with E-state index in [0.29, 0.717) is 6.41 Å². The van der Waals surface area contributed by atoms with Crippen molar-refractivity contribution in [3.8, 4) is 0 Å². The fourth-order valence-electron chi connectivity index (χ4n) is 1.57. The highest BCUT2D eigenvalue weighted by Gasteiger charge is 2.01. The molecule has 0 saturated carbocycles. The number of hydrazone groups is 1. The first-order valence-corrected chi connectivity index (χ1v) is 4.59. The van der Waals surface area contributed by atoms with E-state index in [1.165, 1.54) is 0 Å². The Morgan fingerprint density at radius 3 is 2.93 bits per heavy atom. The van der Waals surface area contributed by atoms with Crippen molar-refractivity contribution in [3.63, 3.8) is 0 Å². The summed E-state index contributed by atoms with van der Waals surface area (Å²) in [6.07, 6.45) is 2.16. The van der Waals surface area contributed by atoms with Crippen LogP contribution in [0.2, 0.25) is 0 Å². The van der Waals surface area contributed by atoms with E-state index >= 15 is 0 Å². The topological polar surface area (TPSA) is 46.4 Å². The molecule has 2 rings (SSSR count). The van der Waals surface area contributed by atoms with Gasteiger partial charge < -0.3 is 4.57 Å². The highest BCUT2D eigenvalue weighted by molar-refractivity contribution is 5.90. The van der Waals surface area contributed by atoms with E-state index in [-0.39, 0.29) is 0 Å². The Balaban J connectivity index is 2.44. The molecule has 4 heteroatoms. The van der Waals surface area contributed by atoms with Crippen LogP contribution in [-0.2, 0) is 11.8 Å². The van der Waals surface area contributed by atoms with Gasteiger partial charge in [0.25, 0.3) is 0 Å². The predicted molar refractivity (Wildman–Crippen MR) is 59.7 cm³/mol. The maximum absolute atomic E-state index is 10.0. The number of amides is 1. The van der Waals surface area contributed by atoms with E-state index in [1.807, 2.05) is 41.9 Å². The molecule has 0 fully saturated rings. The Morgan fingerprint density at radius 1 is 1.40 bits per heavy atom. The van der Waals surface area contributed by atoms with E-state index in [2.05, 4.69) is 10.5 Å². The molecule has 2 aromatic rings. The van der Waals surface area contributed by atoms with Crippen LogP contribution in [0.3, 0.4) is 0 Å². The van der Waals surface area contributed by atoms with Gasteiger partial charge in [-0.1, -0.05) is 18.2 Å². The fourth-order valence-corrected chi connectivity index (χ4v) is 1.57. The maximum Gasteiger partial charge on any atom is 0.227 e. The molecule has 0 aliphatic rings. The van der Waals surface area contributed by atoms with Crippen LogP contribution in [0.1, 0.15) is 5.69 Å². The van der Waals surface area contributed by atoms with E-state index in [4.69, 9.17) is 0 Å². The van der Waals surface area contributed by atoms with Gasteiger partial charge in [0.15, 0.2) is 0 Å². The normalized spacial score (nSPS) is 11.0. The molecule has 1 amide bonds. The second kappa shape index (κ2) is 3.96. The average molecular weight is 201 g/mol. The summed E-state index contributed by atoms with van der Waals surface area (Å²) in [5.41, 5.74) is 4.34. The van der Waals surface area contributed by atoms with Crippen LogP contribution < -0.4 is 5.43 Å². The van der Waals surface area contributed by atoms with Gasteiger partial charge in [-0.25, -0.2) is 5.43 Å². The number of hydrogen-bond donors (Lipinski definition) is 1. The highest BCUT2D eigenvalue weighted by atomic mass is 16.1. The number of aryl methyl sites for hydroxylation is 1. The van der Waals surface area contributed by atoms with Gasteiger partial charge in [0, 0.05) is 18.0 Å². The summed E-state index contributed by atoms with van der Waals surface area (Å²) in [6, 6.07) is 10.1. The van der Waals surface area contributed by atoms with Gasteiger partial charge in [-0.3, -0.25) is 4.79 Å². The molecule has 0 aliphatic heterocycles. The first-order chi connectivity index (χ1) is 7.33. The lowest BCUT2D eigenvalue weighted by molar-refractivity contribution is -0.109. The minimum atomic E-state index is 0.541. The van der Waals surface area contributed by atoms with Gasteiger partial charge in [-0.15, -0.1) is 0 Å². The highest BCUT2D eigenvalue weighted by Crippen LogP contribution is 2.16.